The molecule has 3 heteroatoms. The molecular weight excluding hydrogens is 188 g/mol. The summed E-state index contributed by atoms with van der Waals surface area (Å²) in [6.45, 7) is 8.10. The Morgan fingerprint density at radius 3 is 2.60 bits per heavy atom. The van der Waals surface area contributed by atoms with Crippen molar-refractivity contribution in [3.05, 3.63) is 23.9 Å². The highest BCUT2D eigenvalue weighted by Crippen LogP contribution is 2.21. The Labute approximate surface area is 90.9 Å². The Morgan fingerprint density at radius 2 is 2.07 bits per heavy atom. The van der Waals surface area contributed by atoms with Crippen LogP contribution in [-0.4, -0.2) is 24.2 Å². The second-order valence-corrected chi connectivity index (χ2v) is 5.04. The lowest BCUT2D eigenvalue weighted by atomic mass is 9.92. The highest BCUT2D eigenvalue weighted by atomic mass is 16.5. The van der Waals surface area contributed by atoms with Gasteiger partial charge in [0.15, 0.2) is 0 Å². The zero-order valence-corrected chi connectivity index (χ0v) is 9.58. The van der Waals surface area contributed by atoms with Crippen molar-refractivity contribution in [1.29, 1.82) is 0 Å². The first-order chi connectivity index (χ1) is 7.05. The molecule has 0 atom stereocenters. The molecule has 3 nitrogen and oxygen atoms in total. The van der Waals surface area contributed by atoms with Gasteiger partial charge in [-0.1, -0.05) is 26.8 Å². The van der Waals surface area contributed by atoms with Gasteiger partial charge in [0.1, 0.15) is 5.82 Å². The average Bonchev–Trinajstić information content (AvgIpc) is 2.11. The maximum atomic E-state index is 5.11. The monoisotopic (exact) mass is 206 g/mol. The number of rotatable bonds is 2. The van der Waals surface area contributed by atoms with Gasteiger partial charge in [0, 0.05) is 11.1 Å². The molecule has 1 aliphatic rings. The van der Waals surface area contributed by atoms with Gasteiger partial charge in [-0.05, 0) is 12.1 Å². The third kappa shape index (κ3) is 2.48. The molecule has 2 heterocycles. The van der Waals surface area contributed by atoms with E-state index in [1.165, 1.54) is 0 Å². The number of hydrogen-bond donors (Lipinski definition) is 1. The first-order valence-corrected chi connectivity index (χ1v) is 5.37. The summed E-state index contributed by atoms with van der Waals surface area (Å²) in [5.41, 5.74) is 1.22. The summed E-state index contributed by atoms with van der Waals surface area (Å²) in [4.78, 5) is 4.60. The first kappa shape index (κ1) is 10.4. The van der Waals surface area contributed by atoms with Crippen LogP contribution in [-0.2, 0) is 10.2 Å². The van der Waals surface area contributed by atoms with Gasteiger partial charge in [-0.3, -0.25) is 0 Å². The first-order valence-electron chi connectivity index (χ1n) is 5.37. The van der Waals surface area contributed by atoms with E-state index >= 15 is 0 Å². The van der Waals surface area contributed by atoms with Crippen LogP contribution in [0.3, 0.4) is 0 Å². The van der Waals surface area contributed by atoms with Crippen molar-refractivity contribution in [2.75, 3.05) is 18.5 Å². The topological polar surface area (TPSA) is 34.1 Å². The van der Waals surface area contributed by atoms with Crippen molar-refractivity contribution in [1.82, 2.24) is 4.98 Å². The van der Waals surface area contributed by atoms with Crippen LogP contribution in [0, 0.1) is 0 Å². The largest absolute Gasteiger partial charge is 0.377 e. The number of anilines is 1. The molecule has 0 spiro atoms. The smallest absolute Gasteiger partial charge is 0.126 e. The molecule has 1 saturated heterocycles. The van der Waals surface area contributed by atoms with Gasteiger partial charge in [0.2, 0.25) is 0 Å². The molecule has 1 aliphatic heterocycles. The molecule has 1 fully saturated rings. The van der Waals surface area contributed by atoms with E-state index in [0.29, 0.717) is 6.04 Å². The maximum Gasteiger partial charge on any atom is 0.126 e. The van der Waals surface area contributed by atoms with Crippen LogP contribution < -0.4 is 5.32 Å². The second-order valence-electron chi connectivity index (χ2n) is 5.04. The van der Waals surface area contributed by atoms with E-state index in [9.17, 15) is 0 Å². The highest BCUT2D eigenvalue weighted by molar-refractivity contribution is 5.38. The number of nitrogens with zero attached hydrogens (tertiary/aromatic N) is 1. The van der Waals surface area contributed by atoms with Crippen LogP contribution in [0.5, 0.6) is 0 Å². The predicted molar refractivity (Wildman–Crippen MR) is 61.2 cm³/mol. The minimum absolute atomic E-state index is 0.105. The lowest BCUT2D eigenvalue weighted by Crippen LogP contribution is -2.40. The number of pyridine rings is 1. The summed E-state index contributed by atoms with van der Waals surface area (Å²) in [5.74, 6) is 0.954. The zero-order chi connectivity index (χ0) is 10.9. The van der Waals surface area contributed by atoms with Crippen molar-refractivity contribution in [2.24, 2.45) is 0 Å². The number of ether oxygens (including phenoxy) is 1. The molecule has 0 radical (unpaired) electrons. The molecule has 0 saturated carbocycles. The summed E-state index contributed by atoms with van der Waals surface area (Å²) < 4.78 is 5.11. The minimum atomic E-state index is 0.105. The maximum absolute atomic E-state index is 5.11. The van der Waals surface area contributed by atoms with Crippen LogP contribution in [0.15, 0.2) is 18.2 Å². The van der Waals surface area contributed by atoms with Crippen LogP contribution in [0.1, 0.15) is 26.5 Å². The number of aromatic nitrogens is 1. The van der Waals surface area contributed by atoms with Crippen molar-refractivity contribution < 1.29 is 4.74 Å². The zero-order valence-electron chi connectivity index (χ0n) is 9.58. The fourth-order valence-electron chi connectivity index (χ4n) is 1.46. The highest BCUT2D eigenvalue weighted by Gasteiger charge is 2.20. The molecule has 1 aromatic rings. The molecule has 0 bridgehead atoms. The Kier molecular flexibility index (Phi) is 2.65. The molecule has 0 aromatic carbocycles. The lowest BCUT2D eigenvalue weighted by molar-refractivity contribution is 0.0209. The van der Waals surface area contributed by atoms with E-state index in [1.54, 1.807) is 0 Å². The SMILES string of the molecule is CC(C)(C)c1cccc(NC2COC2)n1. The summed E-state index contributed by atoms with van der Waals surface area (Å²) in [6, 6.07) is 6.57. The van der Waals surface area contributed by atoms with Crippen LogP contribution in [0.4, 0.5) is 5.82 Å². The van der Waals surface area contributed by atoms with E-state index in [2.05, 4.69) is 43.2 Å². The van der Waals surface area contributed by atoms with Crippen LogP contribution in [0.2, 0.25) is 0 Å². The third-order valence-corrected chi connectivity index (χ3v) is 2.51. The van der Waals surface area contributed by atoms with E-state index in [-0.39, 0.29) is 5.41 Å². The molecule has 0 aliphatic carbocycles. The number of nitrogens with one attached hydrogen (secondary N) is 1. The second kappa shape index (κ2) is 3.81. The van der Waals surface area contributed by atoms with Gasteiger partial charge >= 0.3 is 0 Å². The third-order valence-electron chi connectivity index (χ3n) is 2.51. The van der Waals surface area contributed by atoms with Gasteiger partial charge in [-0.15, -0.1) is 0 Å². The summed E-state index contributed by atoms with van der Waals surface area (Å²) >= 11 is 0. The van der Waals surface area contributed by atoms with E-state index in [1.807, 2.05) is 6.07 Å². The van der Waals surface area contributed by atoms with Gasteiger partial charge in [-0.25, -0.2) is 4.98 Å². The Balaban J connectivity index is 2.11. The van der Waals surface area contributed by atoms with Crippen LogP contribution in [0.25, 0.3) is 0 Å². The molecule has 82 valence electrons. The van der Waals surface area contributed by atoms with Crippen molar-refractivity contribution in [3.63, 3.8) is 0 Å². The molecule has 0 unspecified atom stereocenters. The molecule has 1 aromatic heterocycles. The number of hydrogen-bond acceptors (Lipinski definition) is 3. The van der Waals surface area contributed by atoms with Crippen LogP contribution >= 0.6 is 0 Å². The summed E-state index contributed by atoms with van der Waals surface area (Å²) in [5, 5.41) is 3.35. The van der Waals surface area contributed by atoms with Gasteiger partial charge in [0.25, 0.3) is 0 Å². The molecule has 0 amide bonds. The normalized spacial score (nSPS) is 17.3. The lowest BCUT2D eigenvalue weighted by Gasteiger charge is -2.28. The van der Waals surface area contributed by atoms with Crippen molar-refractivity contribution >= 4 is 5.82 Å². The summed E-state index contributed by atoms with van der Waals surface area (Å²) in [7, 11) is 0. The molecule has 2 rings (SSSR count). The standard InChI is InChI=1S/C12H18N2O/c1-12(2,3)10-5-4-6-11(14-10)13-9-7-15-8-9/h4-6,9H,7-8H2,1-3H3,(H,13,14). The fourth-order valence-corrected chi connectivity index (χ4v) is 1.46. The van der Waals surface area contributed by atoms with E-state index in [4.69, 9.17) is 4.74 Å². The van der Waals surface area contributed by atoms with Gasteiger partial charge < -0.3 is 10.1 Å². The van der Waals surface area contributed by atoms with E-state index < -0.39 is 0 Å². The predicted octanol–water partition coefficient (Wildman–Crippen LogP) is 2.19. The Hall–Kier alpha value is -1.09. The van der Waals surface area contributed by atoms with Crippen molar-refractivity contribution in [3.8, 4) is 0 Å². The fraction of sp³-hybridized carbons (Fsp3) is 0.583. The minimum Gasteiger partial charge on any atom is -0.377 e. The molecular formula is C12H18N2O. The Morgan fingerprint density at radius 1 is 1.33 bits per heavy atom. The van der Waals surface area contributed by atoms with Gasteiger partial charge in [-0.2, -0.15) is 0 Å². The average molecular weight is 206 g/mol. The summed E-state index contributed by atoms with van der Waals surface area (Å²) in [6.07, 6.45) is 0. The quantitative estimate of drug-likeness (QED) is 0.805. The molecule has 1 N–H and O–H groups in total. The van der Waals surface area contributed by atoms with Crippen molar-refractivity contribution in [2.45, 2.75) is 32.2 Å². The molecule has 15 heavy (non-hydrogen) atoms. The van der Waals surface area contributed by atoms with E-state index in [0.717, 1.165) is 24.7 Å². The van der Waals surface area contributed by atoms with Gasteiger partial charge in [0.05, 0.1) is 19.3 Å². The Bertz CT molecular complexity index is 340.